The average Bonchev–Trinajstić information content (AvgIpc) is 2.60. The van der Waals surface area contributed by atoms with Crippen molar-refractivity contribution in [3.8, 4) is 0 Å². The molecule has 1 heterocycles. The molecule has 1 aromatic rings. The summed E-state index contributed by atoms with van der Waals surface area (Å²) >= 11 is 0. The fraction of sp³-hybridized carbons (Fsp3) is 0.550. The maximum absolute atomic E-state index is 13.1. The number of rotatable bonds is 5. The summed E-state index contributed by atoms with van der Waals surface area (Å²) in [6, 6.07) is 9.93. The molecule has 1 aromatic carbocycles. The van der Waals surface area contributed by atoms with Gasteiger partial charge in [0.1, 0.15) is 11.5 Å². The third-order valence-electron chi connectivity index (χ3n) is 5.29. The average molecular weight is 359 g/mol. The van der Waals surface area contributed by atoms with Gasteiger partial charge in [0.05, 0.1) is 12.5 Å². The number of fused-ring (bicyclic) bond motifs is 2. The Morgan fingerprint density at radius 2 is 2.00 bits per heavy atom. The summed E-state index contributed by atoms with van der Waals surface area (Å²) in [4.78, 5) is 39.3. The Morgan fingerprint density at radius 3 is 2.65 bits per heavy atom. The lowest BCUT2D eigenvalue weighted by atomic mass is 9.64. The highest BCUT2D eigenvalue weighted by Gasteiger charge is 2.59. The molecule has 6 nitrogen and oxygen atoms in total. The molecule has 3 unspecified atom stereocenters. The van der Waals surface area contributed by atoms with Crippen molar-refractivity contribution in [3.05, 3.63) is 35.9 Å². The van der Waals surface area contributed by atoms with Crippen LogP contribution in [0.2, 0.25) is 0 Å². The van der Waals surface area contributed by atoms with Crippen LogP contribution in [0.3, 0.4) is 0 Å². The Hall–Kier alpha value is -2.21. The minimum absolute atomic E-state index is 0.141. The van der Waals surface area contributed by atoms with Gasteiger partial charge in [0.15, 0.2) is 5.78 Å². The van der Waals surface area contributed by atoms with Gasteiger partial charge < -0.3 is 9.47 Å². The van der Waals surface area contributed by atoms with Crippen LogP contribution in [-0.4, -0.2) is 48.4 Å². The van der Waals surface area contributed by atoms with Gasteiger partial charge in [0.2, 0.25) is 0 Å². The third kappa shape index (κ3) is 3.51. The van der Waals surface area contributed by atoms with Crippen molar-refractivity contribution in [2.45, 2.75) is 39.3 Å². The zero-order chi connectivity index (χ0) is 18.7. The number of hydrogen-bond acceptors (Lipinski definition) is 6. The Labute approximate surface area is 153 Å². The summed E-state index contributed by atoms with van der Waals surface area (Å²) in [6.07, 6.45) is 0.388. The van der Waals surface area contributed by atoms with E-state index >= 15 is 0 Å². The number of carbonyl (C=O) groups is 3. The highest BCUT2D eigenvalue weighted by atomic mass is 16.5. The number of piperidine rings is 1. The van der Waals surface area contributed by atoms with Crippen LogP contribution < -0.4 is 0 Å². The zero-order valence-electron chi connectivity index (χ0n) is 15.3. The van der Waals surface area contributed by atoms with Crippen LogP contribution in [0.25, 0.3) is 0 Å². The summed E-state index contributed by atoms with van der Waals surface area (Å²) in [5, 5.41) is 0. The van der Waals surface area contributed by atoms with E-state index in [2.05, 4.69) is 4.90 Å². The Kier molecular flexibility index (Phi) is 5.41. The largest absolute Gasteiger partial charge is 0.465 e. The maximum atomic E-state index is 13.1. The SMILES string of the molecule is CCOC(=O)C12CCC(OC(C)=O)C(CN(Cc3ccccc3)C1)C2=O. The predicted octanol–water partition coefficient (Wildman–Crippen LogP) is 1.96. The molecular weight excluding hydrogens is 334 g/mol. The van der Waals surface area contributed by atoms with Gasteiger partial charge in [-0.3, -0.25) is 19.3 Å². The topological polar surface area (TPSA) is 72.9 Å². The molecule has 1 saturated carbocycles. The number of Topliss-reactive ketones (excluding diaryl/α,β-unsaturated/α-hetero) is 1. The first-order valence-electron chi connectivity index (χ1n) is 9.11. The fourth-order valence-electron chi connectivity index (χ4n) is 4.17. The Balaban J connectivity index is 1.87. The molecule has 1 aliphatic carbocycles. The quantitative estimate of drug-likeness (QED) is 0.591. The Bertz CT molecular complexity index is 689. The molecule has 2 fully saturated rings. The number of ketones is 1. The second-order valence-electron chi connectivity index (χ2n) is 7.12. The first-order valence-corrected chi connectivity index (χ1v) is 9.11. The van der Waals surface area contributed by atoms with E-state index in [1.807, 2.05) is 30.3 Å². The Morgan fingerprint density at radius 1 is 1.27 bits per heavy atom. The molecule has 0 spiro atoms. The van der Waals surface area contributed by atoms with Gasteiger partial charge in [0.25, 0.3) is 0 Å². The number of esters is 2. The van der Waals surface area contributed by atoms with E-state index in [-0.39, 0.29) is 12.4 Å². The van der Waals surface area contributed by atoms with Gasteiger partial charge in [-0.25, -0.2) is 0 Å². The van der Waals surface area contributed by atoms with Crippen LogP contribution in [0.15, 0.2) is 30.3 Å². The molecule has 3 atom stereocenters. The number of benzene rings is 1. The minimum atomic E-state index is -1.15. The first-order chi connectivity index (χ1) is 12.5. The molecular formula is C20H25NO5. The molecule has 0 radical (unpaired) electrons. The molecule has 0 N–H and O–H groups in total. The van der Waals surface area contributed by atoms with Crippen molar-refractivity contribution < 1.29 is 23.9 Å². The number of nitrogens with zero attached hydrogens (tertiary/aromatic N) is 1. The monoisotopic (exact) mass is 359 g/mol. The molecule has 140 valence electrons. The van der Waals surface area contributed by atoms with E-state index in [0.29, 0.717) is 32.5 Å². The van der Waals surface area contributed by atoms with E-state index in [1.165, 1.54) is 6.92 Å². The summed E-state index contributed by atoms with van der Waals surface area (Å²) in [5.41, 5.74) is -0.0346. The molecule has 1 saturated heterocycles. The van der Waals surface area contributed by atoms with E-state index in [1.54, 1.807) is 6.92 Å². The van der Waals surface area contributed by atoms with E-state index in [0.717, 1.165) is 5.56 Å². The highest BCUT2D eigenvalue weighted by molar-refractivity contribution is 6.06. The van der Waals surface area contributed by atoms with Crippen LogP contribution in [0, 0.1) is 11.3 Å². The number of likely N-dealkylation sites (tertiary alicyclic amines) is 1. The maximum Gasteiger partial charge on any atom is 0.320 e. The van der Waals surface area contributed by atoms with Crippen LogP contribution in [0.1, 0.15) is 32.3 Å². The lowest BCUT2D eigenvalue weighted by Gasteiger charge is -2.48. The minimum Gasteiger partial charge on any atom is -0.465 e. The number of hydrogen-bond donors (Lipinski definition) is 0. The zero-order valence-corrected chi connectivity index (χ0v) is 15.3. The van der Waals surface area contributed by atoms with Crippen molar-refractivity contribution in [1.29, 1.82) is 0 Å². The summed E-state index contributed by atoms with van der Waals surface area (Å²) in [5.74, 6) is -1.48. The van der Waals surface area contributed by atoms with Crippen molar-refractivity contribution in [2.75, 3.05) is 19.7 Å². The normalized spacial score (nSPS) is 28.5. The van der Waals surface area contributed by atoms with Crippen LogP contribution >= 0.6 is 0 Å². The third-order valence-corrected chi connectivity index (χ3v) is 5.29. The highest BCUT2D eigenvalue weighted by Crippen LogP contribution is 2.43. The predicted molar refractivity (Wildman–Crippen MR) is 94.1 cm³/mol. The second kappa shape index (κ2) is 7.58. The first kappa shape index (κ1) is 18.6. The second-order valence-corrected chi connectivity index (χ2v) is 7.12. The fourth-order valence-corrected chi connectivity index (χ4v) is 4.17. The number of carbonyl (C=O) groups excluding carboxylic acids is 3. The van der Waals surface area contributed by atoms with E-state index < -0.39 is 29.4 Å². The van der Waals surface area contributed by atoms with Crippen molar-refractivity contribution in [3.63, 3.8) is 0 Å². The van der Waals surface area contributed by atoms with Crippen LogP contribution in [-0.2, 0) is 30.4 Å². The standard InChI is InChI=1S/C20H25NO5/c1-3-25-19(24)20-10-9-17(26-14(2)22)16(18(20)23)12-21(13-20)11-15-7-5-4-6-8-15/h4-8,16-17H,3,9-13H2,1-2H3. The van der Waals surface area contributed by atoms with Gasteiger partial charge in [-0.2, -0.15) is 0 Å². The molecule has 6 heteroatoms. The van der Waals surface area contributed by atoms with Crippen molar-refractivity contribution in [2.24, 2.45) is 11.3 Å². The van der Waals surface area contributed by atoms with Crippen molar-refractivity contribution >= 4 is 17.7 Å². The summed E-state index contributed by atoms with van der Waals surface area (Å²) in [7, 11) is 0. The van der Waals surface area contributed by atoms with Crippen LogP contribution in [0.5, 0.6) is 0 Å². The van der Waals surface area contributed by atoms with Gasteiger partial charge in [-0.1, -0.05) is 30.3 Å². The molecule has 26 heavy (non-hydrogen) atoms. The molecule has 2 aliphatic rings. The van der Waals surface area contributed by atoms with Gasteiger partial charge >= 0.3 is 11.9 Å². The lowest BCUT2D eigenvalue weighted by molar-refractivity contribution is -0.179. The van der Waals surface area contributed by atoms with Crippen LogP contribution in [0.4, 0.5) is 0 Å². The molecule has 3 rings (SSSR count). The molecule has 0 aromatic heterocycles. The van der Waals surface area contributed by atoms with Crippen molar-refractivity contribution in [1.82, 2.24) is 4.90 Å². The molecule has 1 aliphatic heterocycles. The van der Waals surface area contributed by atoms with E-state index in [4.69, 9.17) is 9.47 Å². The van der Waals surface area contributed by atoms with Gasteiger partial charge in [-0.15, -0.1) is 0 Å². The summed E-state index contributed by atoms with van der Waals surface area (Å²) < 4.78 is 10.6. The molecule has 2 bridgehead atoms. The molecule has 0 amide bonds. The van der Waals surface area contributed by atoms with Gasteiger partial charge in [-0.05, 0) is 25.3 Å². The van der Waals surface area contributed by atoms with E-state index in [9.17, 15) is 14.4 Å². The number of ether oxygens (including phenoxy) is 2. The summed E-state index contributed by atoms with van der Waals surface area (Å²) in [6.45, 7) is 4.80. The lowest BCUT2D eigenvalue weighted by Crippen LogP contribution is -2.63. The van der Waals surface area contributed by atoms with Gasteiger partial charge in [0, 0.05) is 26.6 Å². The smallest absolute Gasteiger partial charge is 0.320 e.